The van der Waals surface area contributed by atoms with Gasteiger partial charge in [0.2, 0.25) is 0 Å². The molecule has 1 saturated carbocycles. The molecule has 1 aliphatic heterocycles. The summed E-state index contributed by atoms with van der Waals surface area (Å²) in [5.74, 6) is 1.87. The van der Waals surface area contributed by atoms with Crippen molar-refractivity contribution in [2.24, 2.45) is 11.7 Å². The molecule has 1 aromatic carbocycles. The zero-order valence-corrected chi connectivity index (χ0v) is 11.1. The maximum absolute atomic E-state index is 5.77. The van der Waals surface area contributed by atoms with Crippen molar-refractivity contribution >= 4 is 0 Å². The smallest absolute Gasteiger partial charge is 0.123 e. The second-order valence-corrected chi connectivity index (χ2v) is 5.61. The molecule has 0 aromatic heterocycles. The third kappa shape index (κ3) is 2.13. The molecule has 3 rings (SSSR count). The van der Waals surface area contributed by atoms with Gasteiger partial charge in [0.15, 0.2) is 0 Å². The van der Waals surface area contributed by atoms with Gasteiger partial charge < -0.3 is 10.5 Å². The van der Waals surface area contributed by atoms with Gasteiger partial charge in [-0.05, 0) is 42.9 Å². The Morgan fingerprint density at radius 3 is 2.89 bits per heavy atom. The summed E-state index contributed by atoms with van der Waals surface area (Å²) < 4.78 is 5.32. The van der Waals surface area contributed by atoms with Crippen LogP contribution in [0.1, 0.15) is 30.4 Å². The highest BCUT2D eigenvalue weighted by molar-refractivity contribution is 5.37. The van der Waals surface area contributed by atoms with Gasteiger partial charge in [-0.2, -0.15) is 0 Å². The van der Waals surface area contributed by atoms with Crippen LogP contribution in [0.5, 0.6) is 5.75 Å². The van der Waals surface area contributed by atoms with Crippen molar-refractivity contribution in [1.29, 1.82) is 0 Å². The van der Waals surface area contributed by atoms with E-state index in [4.69, 9.17) is 10.5 Å². The normalized spacial score (nSPS) is 26.8. The summed E-state index contributed by atoms with van der Waals surface area (Å²) in [7, 11) is 1.70. The van der Waals surface area contributed by atoms with E-state index in [9.17, 15) is 0 Å². The average molecular weight is 246 g/mol. The molecule has 2 unspecified atom stereocenters. The van der Waals surface area contributed by atoms with E-state index >= 15 is 0 Å². The Labute approximate surface area is 109 Å². The van der Waals surface area contributed by atoms with Crippen molar-refractivity contribution in [3.63, 3.8) is 0 Å². The van der Waals surface area contributed by atoms with Crippen LogP contribution in [-0.2, 0) is 13.1 Å². The molecule has 1 aliphatic carbocycles. The van der Waals surface area contributed by atoms with Crippen LogP contribution in [0.3, 0.4) is 0 Å². The minimum Gasteiger partial charge on any atom is -0.496 e. The van der Waals surface area contributed by atoms with E-state index in [1.807, 2.05) is 6.07 Å². The lowest BCUT2D eigenvalue weighted by Gasteiger charge is -2.27. The summed E-state index contributed by atoms with van der Waals surface area (Å²) >= 11 is 0. The Hall–Kier alpha value is -1.06. The van der Waals surface area contributed by atoms with Gasteiger partial charge in [0.1, 0.15) is 5.75 Å². The van der Waals surface area contributed by atoms with Crippen molar-refractivity contribution in [3.05, 3.63) is 29.3 Å². The van der Waals surface area contributed by atoms with Crippen molar-refractivity contribution in [2.45, 2.75) is 38.4 Å². The maximum atomic E-state index is 5.77. The molecule has 2 aliphatic rings. The van der Waals surface area contributed by atoms with E-state index in [0.717, 1.165) is 29.8 Å². The van der Waals surface area contributed by atoms with Crippen LogP contribution in [0.4, 0.5) is 0 Å². The van der Waals surface area contributed by atoms with Gasteiger partial charge in [-0.15, -0.1) is 0 Å². The summed E-state index contributed by atoms with van der Waals surface area (Å²) in [4.78, 5) is 2.64. The SMILES string of the molecule is COc1ccc(CN2CC3CCC2C3)cc1CN. The number of nitrogens with zero attached hydrogens (tertiary/aromatic N) is 1. The van der Waals surface area contributed by atoms with Crippen LogP contribution >= 0.6 is 0 Å². The first-order valence-electron chi connectivity index (χ1n) is 6.90. The summed E-state index contributed by atoms with van der Waals surface area (Å²) in [6, 6.07) is 7.25. The van der Waals surface area contributed by atoms with E-state index in [1.54, 1.807) is 7.11 Å². The minimum atomic E-state index is 0.545. The third-order valence-corrected chi connectivity index (χ3v) is 4.47. The van der Waals surface area contributed by atoms with E-state index in [2.05, 4.69) is 17.0 Å². The highest BCUT2D eigenvalue weighted by atomic mass is 16.5. The van der Waals surface area contributed by atoms with E-state index in [0.29, 0.717) is 6.54 Å². The number of piperidine rings is 1. The van der Waals surface area contributed by atoms with Crippen LogP contribution in [-0.4, -0.2) is 24.6 Å². The second-order valence-electron chi connectivity index (χ2n) is 5.61. The lowest BCUT2D eigenvalue weighted by Crippen LogP contribution is -2.31. The van der Waals surface area contributed by atoms with Gasteiger partial charge in [0, 0.05) is 31.2 Å². The zero-order chi connectivity index (χ0) is 12.5. The molecule has 18 heavy (non-hydrogen) atoms. The van der Waals surface area contributed by atoms with Crippen LogP contribution < -0.4 is 10.5 Å². The second kappa shape index (κ2) is 4.90. The first-order valence-corrected chi connectivity index (χ1v) is 6.90. The van der Waals surface area contributed by atoms with Gasteiger partial charge in [0.25, 0.3) is 0 Å². The summed E-state index contributed by atoms with van der Waals surface area (Å²) in [6.45, 7) is 2.90. The monoisotopic (exact) mass is 246 g/mol. The predicted octanol–water partition coefficient (Wildman–Crippen LogP) is 2.14. The van der Waals surface area contributed by atoms with Crippen LogP contribution in [0.25, 0.3) is 0 Å². The fourth-order valence-corrected chi connectivity index (χ4v) is 3.54. The van der Waals surface area contributed by atoms with E-state index in [1.165, 1.54) is 31.4 Å². The molecule has 2 atom stereocenters. The Balaban J connectivity index is 1.73. The first kappa shape index (κ1) is 12.0. The van der Waals surface area contributed by atoms with Crippen molar-refractivity contribution in [3.8, 4) is 5.75 Å². The van der Waals surface area contributed by atoms with Crippen molar-refractivity contribution in [2.75, 3.05) is 13.7 Å². The number of likely N-dealkylation sites (tertiary alicyclic amines) is 1. The molecule has 1 heterocycles. The third-order valence-electron chi connectivity index (χ3n) is 4.47. The fraction of sp³-hybridized carbons (Fsp3) is 0.600. The number of hydrogen-bond acceptors (Lipinski definition) is 3. The molecular formula is C15H22N2O. The van der Waals surface area contributed by atoms with Crippen molar-refractivity contribution in [1.82, 2.24) is 4.90 Å². The molecule has 1 aromatic rings. The maximum Gasteiger partial charge on any atom is 0.123 e. The highest BCUT2D eigenvalue weighted by Crippen LogP contribution is 2.38. The lowest BCUT2D eigenvalue weighted by molar-refractivity contribution is 0.205. The molecule has 2 fully saturated rings. The number of ether oxygens (including phenoxy) is 1. The lowest BCUT2D eigenvalue weighted by atomic mass is 10.1. The molecule has 2 bridgehead atoms. The number of fused-ring (bicyclic) bond motifs is 2. The quantitative estimate of drug-likeness (QED) is 0.884. The van der Waals surface area contributed by atoms with E-state index in [-0.39, 0.29) is 0 Å². The minimum absolute atomic E-state index is 0.545. The summed E-state index contributed by atoms with van der Waals surface area (Å²) in [6.07, 6.45) is 4.25. The Kier molecular flexibility index (Phi) is 3.27. The first-order chi connectivity index (χ1) is 8.80. The largest absolute Gasteiger partial charge is 0.496 e. The van der Waals surface area contributed by atoms with Gasteiger partial charge >= 0.3 is 0 Å². The number of nitrogens with two attached hydrogens (primary N) is 1. The number of rotatable bonds is 4. The highest BCUT2D eigenvalue weighted by Gasteiger charge is 2.37. The molecule has 2 N–H and O–H groups in total. The van der Waals surface area contributed by atoms with Crippen LogP contribution in [0.2, 0.25) is 0 Å². The Morgan fingerprint density at radius 1 is 1.39 bits per heavy atom. The van der Waals surface area contributed by atoms with Gasteiger partial charge in [-0.25, -0.2) is 0 Å². The molecule has 0 amide bonds. The van der Waals surface area contributed by atoms with Crippen LogP contribution in [0, 0.1) is 5.92 Å². The number of hydrogen-bond donors (Lipinski definition) is 1. The number of methoxy groups -OCH3 is 1. The van der Waals surface area contributed by atoms with E-state index < -0.39 is 0 Å². The molecule has 0 radical (unpaired) electrons. The molecule has 3 nitrogen and oxygen atoms in total. The fourth-order valence-electron chi connectivity index (χ4n) is 3.54. The Bertz CT molecular complexity index is 433. The topological polar surface area (TPSA) is 38.5 Å². The summed E-state index contributed by atoms with van der Waals surface area (Å²) in [5, 5.41) is 0. The molecule has 98 valence electrons. The molecule has 1 saturated heterocycles. The summed E-state index contributed by atoms with van der Waals surface area (Å²) in [5.41, 5.74) is 8.25. The molecule has 3 heteroatoms. The van der Waals surface area contributed by atoms with Crippen molar-refractivity contribution < 1.29 is 4.74 Å². The number of benzene rings is 1. The molecule has 0 spiro atoms. The standard InChI is InChI=1S/C15H22N2O/c1-18-15-5-3-11(6-13(15)8-16)9-17-10-12-2-4-14(17)7-12/h3,5-6,12,14H,2,4,7-10,16H2,1H3. The molecular weight excluding hydrogens is 224 g/mol. The van der Waals surface area contributed by atoms with Gasteiger partial charge in [0.05, 0.1) is 7.11 Å². The van der Waals surface area contributed by atoms with Gasteiger partial charge in [-0.1, -0.05) is 6.07 Å². The Morgan fingerprint density at radius 2 is 2.28 bits per heavy atom. The average Bonchev–Trinajstić information content (AvgIpc) is 3.01. The van der Waals surface area contributed by atoms with Crippen LogP contribution in [0.15, 0.2) is 18.2 Å². The zero-order valence-electron chi connectivity index (χ0n) is 11.1. The predicted molar refractivity (Wildman–Crippen MR) is 72.4 cm³/mol. The van der Waals surface area contributed by atoms with Gasteiger partial charge in [-0.3, -0.25) is 4.90 Å².